The maximum atomic E-state index is 12.5. The average Bonchev–Trinajstić information content (AvgIpc) is 3.21. The molecule has 1 amide bonds. The van der Waals surface area contributed by atoms with Crippen LogP contribution in [0.2, 0.25) is 0 Å². The third-order valence-electron chi connectivity index (χ3n) is 4.03. The number of nitrogens with zero attached hydrogens (tertiary/aromatic N) is 3. The van der Waals surface area contributed by atoms with Gasteiger partial charge in [0, 0.05) is 48.8 Å². The van der Waals surface area contributed by atoms with Gasteiger partial charge in [-0.05, 0) is 24.4 Å². The highest BCUT2D eigenvalue weighted by Crippen LogP contribution is 2.28. The van der Waals surface area contributed by atoms with Crippen molar-refractivity contribution in [3.63, 3.8) is 0 Å². The first kappa shape index (κ1) is 16.0. The largest absolute Gasteiger partial charge is 0.384 e. The third kappa shape index (κ3) is 3.54. The van der Waals surface area contributed by atoms with E-state index in [-0.39, 0.29) is 11.8 Å². The van der Waals surface area contributed by atoms with Crippen molar-refractivity contribution in [1.82, 2.24) is 14.7 Å². The van der Waals surface area contributed by atoms with Crippen molar-refractivity contribution in [3.05, 3.63) is 45.9 Å². The van der Waals surface area contributed by atoms with E-state index < -0.39 is 0 Å². The van der Waals surface area contributed by atoms with Crippen LogP contribution < -0.4 is 0 Å². The van der Waals surface area contributed by atoms with Crippen LogP contribution in [0.5, 0.6) is 0 Å². The van der Waals surface area contributed by atoms with Crippen molar-refractivity contribution >= 4 is 23.3 Å². The Morgan fingerprint density at radius 3 is 3.13 bits per heavy atom. The lowest BCUT2D eigenvalue weighted by atomic mass is 9.95. The molecule has 3 rings (SSSR count). The monoisotopic (exact) mass is 331 g/mol. The zero-order chi connectivity index (χ0) is 16.2. The predicted molar refractivity (Wildman–Crippen MR) is 91.3 cm³/mol. The number of hydrogen-bond donors (Lipinski definition) is 0. The summed E-state index contributed by atoms with van der Waals surface area (Å²) in [6.45, 7) is 4.73. The van der Waals surface area contributed by atoms with Gasteiger partial charge in [-0.25, -0.2) is 0 Å². The van der Waals surface area contributed by atoms with Gasteiger partial charge >= 0.3 is 0 Å². The number of amides is 1. The molecule has 5 nitrogen and oxygen atoms in total. The molecule has 0 unspecified atom stereocenters. The minimum absolute atomic E-state index is 0.0243. The zero-order valence-electron chi connectivity index (χ0n) is 13.4. The Kier molecular flexibility index (Phi) is 4.93. The summed E-state index contributed by atoms with van der Waals surface area (Å²) in [6.07, 6.45) is 5.61. The molecule has 0 spiro atoms. The number of fused-ring (bicyclic) bond motifs is 1. The van der Waals surface area contributed by atoms with Gasteiger partial charge in [-0.15, -0.1) is 11.3 Å². The quantitative estimate of drug-likeness (QED) is 0.792. The predicted octanol–water partition coefficient (Wildman–Crippen LogP) is 2.75. The molecule has 0 bridgehead atoms. The highest BCUT2D eigenvalue weighted by molar-refractivity contribution is 7.10. The van der Waals surface area contributed by atoms with Crippen molar-refractivity contribution in [1.29, 1.82) is 0 Å². The van der Waals surface area contributed by atoms with Crippen molar-refractivity contribution < 1.29 is 9.53 Å². The van der Waals surface area contributed by atoms with Gasteiger partial charge < -0.3 is 9.64 Å². The van der Waals surface area contributed by atoms with Gasteiger partial charge in [0.2, 0.25) is 5.91 Å². The minimum atomic E-state index is 0.0243. The van der Waals surface area contributed by atoms with Crippen molar-refractivity contribution in [3.8, 4) is 0 Å². The molecule has 0 saturated heterocycles. The fourth-order valence-electron chi connectivity index (χ4n) is 2.87. The maximum Gasteiger partial charge on any atom is 0.246 e. The summed E-state index contributed by atoms with van der Waals surface area (Å²) in [5, 5.41) is 6.59. The Morgan fingerprint density at radius 2 is 2.43 bits per heavy atom. The number of rotatable bonds is 5. The van der Waals surface area contributed by atoms with Gasteiger partial charge in [0.05, 0.1) is 18.8 Å². The standard InChI is InChI=1S/C17H21N3O2S/c1-3-20-10-15-13(12-22-2)9-19(11-16(15)18-20)17(21)7-6-14-5-4-8-23-14/h4-8,10,13H,3,9,11-12H2,1-2H3/b7-6+/t13-/m0/s1. The second kappa shape index (κ2) is 7.10. The second-order valence-corrected chi connectivity index (χ2v) is 6.59. The molecule has 23 heavy (non-hydrogen) atoms. The van der Waals surface area contributed by atoms with Crippen LogP contribution in [-0.4, -0.2) is 40.8 Å². The van der Waals surface area contributed by atoms with Crippen LogP contribution in [0.15, 0.2) is 29.8 Å². The molecule has 3 heterocycles. The summed E-state index contributed by atoms with van der Waals surface area (Å²) in [7, 11) is 1.70. The Hall–Kier alpha value is -1.92. The lowest BCUT2D eigenvalue weighted by molar-refractivity contribution is -0.127. The van der Waals surface area contributed by atoms with Crippen LogP contribution in [0.3, 0.4) is 0 Å². The van der Waals surface area contributed by atoms with Crippen LogP contribution in [0.25, 0.3) is 6.08 Å². The van der Waals surface area contributed by atoms with E-state index in [0.717, 1.165) is 17.1 Å². The second-order valence-electron chi connectivity index (χ2n) is 5.61. The van der Waals surface area contributed by atoms with Gasteiger partial charge in [-0.1, -0.05) is 6.07 Å². The Morgan fingerprint density at radius 1 is 1.57 bits per heavy atom. The molecule has 2 aromatic heterocycles. The molecule has 1 aliphatic heterocycles. The Balaban J connectivity index is 1.77. The Bertz CT molecular complexity index is 691. The summed E-state index contributed by atoms with van der Waals surface area (Å²) in [6, 6.07) is 3.98. The molecule has 0 fully saturated rings. The SMILES string of the molecule is CCn1cc2c(n1)CN(C(=O)/C=C/c1cccs1)C[C@H]2COC. The number of ether oxygens (including phenoxy) is 1. The highest BCUT2D eigenvalue weighted by atomic mass is 32.1. The van der Waals surface area contributed by atoms with Crippen LogP contribution >= 0.6 is 11.3 Å². The molecule has 0 radical (unpaired) electrons. The molecule has 2 aromatic rings. The van der Waals surface area contributed by atoms with Gasteiger partial charge in [-0.2, -0.15) is 5.10 Å². The fraction of sp³-hybridized carbons (Fsp3) is 0.412. The van der Waals surface area contributed by atoms with E-state index in [1.54, 1.807) is 24.5 Å². The highest BCUT2D eigenvalue weighted by Gasteiger charge is 2.29. The summed E-state index contributed by atoms with van der Waals surface area (Å²) in [5.41, 5.74) is 2.19. The van der Waals surface area contributed by atoms with E-state index in [1.165, 1.54) is 5.56 Å². The number of carbonyl (C=O) groups is 1. The number of aryl methyl sites for hydroxylation is 1. The van der Waals surface area contributed by atoms with E-state index in [1.807, 2.05) is 33.2 Å². The first-order valence-electron chi connectivity index (χ1n) is 7.77. The number of methoxy groups -OCH3 is 1. The van der Waals surface area contributed by atoms with E-state index in [9.17, 15) is 4.79 Å². The van der Waals surface area contributed by atoms with Gasteiger partial charge in [-0.3, -0.25) is 9.48 Å². The Labute approximate surface area is 140 Å². The molecule has 0 aliphatic carbocycles. The molecule has 122 valence electrons. The smallest absolute Gasteiger partial charge is 0.246 e. The molecule has 6 heteroatoms. The molecule has 0 N–H and O–H groups in total. The van der Waals surface area contributed by atoms with Crippen molar-refractivity contribution in [2.75, 3.05) is 20.3 Å². The van der Waals surface area contributed by atoms with Gasteiger partial charge in [0.25, 0.3) is 0 Å². The number of carbonyl (C=O) groups excluding carboxylic acids is 1. The zero-order valence-corrected chi connectivity index (χ0v) is 14.3. The normalized spacial score (nSPS) is 17.7. The summed E-state index contributed by atoms with van der Waals surface area (Å²) < 4.78 is 7.27. The average molecular weight is 331 g/mol. The topological polar surface area (TPSA) is 47.4 Å². The van der Waals surface area contributed by atoms with E-state index in [0.29, 0.717) is 19.7 Å². The molecule has 1 atom stereocenters. The summed E-state index contributed by atoms with van der Waals surface area (Å²) >= 11 is 1.62. The van der Waals surface area contributed by atoms with Crippen LogP contribution in [0.4, 0.5) is 0 Å². The van der Waals surface area contributed by atoms with Crippen molar-refractivity contribution in [2.45, 2.75) is 25.9 Å². The van der Waals surface area contributed by atoms with Crippen LogP contribution in [0, 0.1) is 0 Å². The summed E-state index contributed by atoms with van der Waals surface area (Å²) in [4.78, 5) is 15.4. The molecular formula is C17H21N3O2S. The maximum absolute atomic E-state index is 12.5. The summed E-state index contributed by atoms with van der Waals surface area (Å²) in [5.74, 6) is 0.208. The van der Waals surface area contributed by atoms with E-state index in [2.05, 4.69) is 18.2 Å². The van der Waals surface area contributed by atoms with Crippen molar-refractivity contribution in [2.24, 2.45) is 0 Å². The molecular weight excluding hydrogens is 310 g/mol. The number of aromatic nitrogens is 2. The van der Waals surface area contributed by atoms with E-state index in [4.69, 9.17) is 4.74 Å². The fourth-order valence-corrected chi connectivity index (χ4v) is 3.49. The lowest BCUT2D eigenvalue weighted by Gasteiger charge is -2.31. The molecule has 0 aromatic carbocycles. The van der Waals surface area contributed by atoms with Crippen LogP contribution in [0.1, 0.15) is 29.0 Å². The third-order valence-corrected chi connectivity index (χ3v) is 4.87. The van der Waals surface area contributed by atoms with E-state index >= 15 is 0 Å². The molecule has 0 saturated carbocycles. The number of thiophene rings is 1. The number of hydrogen-bond acceptors (Lipinski definition) is 4. The van der Waals surface area contributed by atoms with Gasteiger partial charge in [0.1, 0.15) is 0 Å². The van der Waals surface area contributed by atoms with Crippen LogP contribution in [-0.2, 0) is 22.6 Å². The van der Waals surface area contributed by atoms with Gasteiger partial charge in [0.15, 0.2) is 0 Å². The molecule has 1 aliphatic rings. The first-order chi connectivity index (χ1) is 11.2. The lowest BCUT2D eigenvalue weighted by Crippen LogP contribution is -2.38. The minimum Gasteiger partial charge on any atom is -0.384 e. The first-order valence-corrected chi connectivity index (χ1v) is 8.65.